The third-order valence-corrected chi connectivity index (χ3v) is 4.97. The molecule has 1 aliphatic carbocycles. The van der Waals surface area contributed by atoms with E-state index in [4.69, 9.17) is 22.1 Å². The van der Waals surface area contributed by atoms with Gasteiger partial charge in [0.25, 0.3) is 0 Å². The number of carbonyl (C=O) groups excluding carboxylic acids is 1. The van der Waals surface area contributed by atoms with Crippen LogP contribution in [-0.2, 0) is 4.74 Å². The highest BCUT2D eigenvalue weighted by Gasteiger charge is 2.29. The Kier molecular flexibility index (Phi) is 5.28. The zero-order valence-corrected chi connectivity index (χ0v) is 14.6. The summed E-state index contributed by atoms with van der Waals surface area (Å²) in [6.07, 6.45) is 5.83. The molecule has 132 valence electrons. The first-order chi connectivity index (χ1) is 11.5. The van der Waals surface area contributed by atoms with Gasteiger partial charge in [-0.3, -0.25) is 0 Å². The monoisotopic (exact) mass is 353 g/mol. The molecule has 0 spiro atoms. The molecule has 0 radical (unpaired) electrons. The molecule has 0 bridgehead atoms. The number of hydrogen-bond donors (Lipinski definition) is 2. The molecule has 1 saturated heterocycles. The number of anilines is 2. The average Bonchev–Trinajstić information content (AvgIpc) is 3.01. The maximum absolute atomic E-state index is 12.1. The van der Waals surface area contributed by atoms with Crippen molar-refractivity contribution in [2.75, 3.05) is 17.2 Å². The Balaban J connectivity index is 1.61. The summed E-state index contributed by atoms with van der Waals surface area (Å²) in [6.45, 7) is 2.77. The van der Waals surface area contributed by atoms with Crippen LogP contribution in [0.25, 0.3) is 0 Å². The minimum absolute atomic E-state index is 0.0186. The fourth-order valence-corrected chi connectivity index (χ4v) is 3.66. The van der Waals surface area contributed by atoms with Crippen molar-refractivity contribution in [3.8, 4) is 0 Å². The van der Waals surface area contributed by atoms with E-state index in [9.17, 15) is 4.79 Å². The largest absolute Gasteiger partial charge is 0.446 e. The molecule has 2 aliphatic rings. The molecule has 3 rings (SSSR count). The average molecular weight is 354 g/mol. The zero-order chi connectivity index (χ0) is 17.1. The second kappa shape index (κ2) is 7.42. The molecule has 3 N–H and O–H groups in total. The van der Waals surface area contributed by atoms with Crippen molar-refractivity contribution in [1.82, 2.24) is 15.3 Å². The first-order valence-corrected chi connectivity index (χ1v) is 8.93. The Labute approximate surface area is 146 Å². The summed E-state index contributed by atoms with van der Waals surface area (Å²) < 4.78 is 5.48. The summed E-state index contributed by atoms with van der Waals surface area (Å²) in [5.74, 6) is 0.844. The Morgan fingerprint density at radius 1 is 1.33 bits per heavy atom. The third-order valence-electron chi connectivity index (χ3n) is 4.77. The molecule has 1 aliphatic heterocycles. The van der Waals surface area contributed by atoms with Crippen LogP contribution >= 0.6 is 11.6 Å². The Morgan fingerprint density at radius 3 is 2.79 bits per heavy atom. The number of nitrogens with two attached hydrogens (primary N) is 1. The van der Waals surface area contributed by atoms with Crippen molar-refractivity contribution in [3.63, 3.8) is 0 Å². The molecule has 1 amide bonds. The lowest BCUT2D eigenvalue weighted by Crippen LogP contribution is -2.51. The van der Waals surface area contributed by atoms with E-state index in [1.54, 1.807) is 6.07 Å². The summed E-state index contributed by atoms with van der Waals surface area (Å²) in [6, 6.07) is 2.01. The fourth-order valence-electron chi connectivity index (χ4n) is 3.47. The van der Waals surface area contributed by atoms with Gasteiger partial charge >= 0.3 is 6.09 Å². The molecule has 2 fully saturated rings. The third kappa shape index (κ3) is 4.20. The van der Waals surface area contributed by atoms with E-state index in [-0.39, 0.29) is 24.2 Å². The Bertz CT molecular complexity index is 574. The molecule has 1 saturated carbocycles. The van der Waals surface area contributed by atoms with Gasteiger partial charge in [-0.2, -0.15) is 4.98 Å². The number of aromatic nitrogens is 2. The van der Waals surface area contributed by atoms with E-state index in [2.05, 4.69) is 27.1 Å². The van der Waals surface area contributed by atoms with Gasteiger partial charge in [0.05, 0.1) is 0 Å². The molecule has 8 heteroatoms. The quantitative estimate of drug-likeness (QED) is 0.811. The number of alkyl carbamates (subject to hydrolysis) is 1. The fraction of sp³-hybridized carbons (Fsp3) is 0.688. The number of nitrogens with zero attached hydrogens (tertiary/aromatic N) is 3. The highest BCUT2D eigenvalue weighted by atomic mass is 35.5. The molecule has 2 atom stereocenters. The zero-order valence-electron chi connectivity index (χ0n) is 13.9. The highest BCUT2D eigenvalue weighted by molar-refractivity contribution is 6.29. The lowest BCUT2D eigenvalue weighted by molar-refractivity contribution is 0.0967. The molecular formula is C16H24ClN5O2. The molecule has 2 heterocycles. The van der Waals surface area contributed by atoms with Gasteiger partial charge in [0.1, 0.15) is 17.1 Å². The van der Waals surface area contributed by atoms with Crippen molar-refractivity contribution in [2.24, 2.45) is 0 Å². The van der Waals surface area contributed by atoms with Gasteiger partial charge in [0.15, 0.2) is 0 Å². The number of piperidine rings is 1. The standard InChI is InChI=1S/C16H24ClN5O2/c1-10-6-7-11(19-16(23)24-12-4-2-3-5-12)9-22(10)14-8-13(17)20-15(18)21-14/h8,10-12H,2-7,9H2,1H3,(H,19,23)(H2,18,20,21). The van der Waals surface area contributed by atoms with Crippen LogP contribution < -0.4 is 16.0 Å². The number of ether oxygens (including phenoxy) is 1. The number of rotatable bonds is 3. The van der Waals surface area contributed by atoms with Gasteiger partial charge in [-0.05, 0) is 45.4 Å². The number of amides is 1. The lowest BCUT2D eigenvalue weighted by Gasteiger charge is -2.39. The molecular weight excluding hydrogens is 330 g/mol. The maximum atomic E-state index is 12.1. The molecule has 0 aromatic carbocycles. The maximum Gasteiger partial charge on any atom is 0.407 e. The minimum atomic E-state index is -0.318. The molecule has 7 nitrogen and oxygen atoms in total. The van der Waals surface area contributed by atoms with Crippen LogP contribution in [0.5, 0.6) is 0 Å². The first-order valence-electron chi connectivity index (χ1n) is 8.55. The van der Waals surface area contributed by atoms with Crippen LogP contribution in [0.2, 0.25) is 5.15 Å². The first kappa shape index (κ1) is 17.1. The molecule has 2 unspecified atom stereocenters. The summed E-state index contributed by atoms with van der Waals surface area (Å²) in [5.41, 5.74) is 5.70. The summed E-state index contributed by atoms with van der Waals surface area (Å²) in [5, 5.41) is 3.30. The predicted octanol–water partition coefficient (Wildman–Crippen LogP) is 2.74. The molecule has 1 aromatic rings. The van der Waals surface area contributed by atoms with E-state index < -0.39 is 0 Å². The van der Waals surface area contributed by atoms with E-state index in [1.165, 1.54) is 0 Å². The second-order valence-corrected chi connectivity index (χ2v) is 7.03. The normalized spacial score (nSPS) is 24.8. The van der Waals surface area contributed by atoms with Crippen molar-refractivity contribution < 1.29 is 9.53 Å². The number of halogens is 1. The van der Waals surface area contributed by atoms with Crippen LogP contribution in [0.3, 0.4) is 0 Å². The summed E-state index contributed by atoms with van der Waals surface area (Å²) >= 11 is 5.99. The van der Waals surface area contributed by atoms with Crippen molar-refractivity contribution >= 4 is 29.5 Å². The lowest BCUT2D eigenvalue weighted by atomic mass is 9.99. The highest BCUT2D eigenvalue weighted by Crippen LogP contribution is 2.26. The predicted molar refractivity (Wildman–Crippen MR) is 93.2 cm³/mol. The van der Waals surface area contributed by atoms with Crippen molar-refractivity contribution in [2.45, 2.75) is 63.6 Å². The number of nitrogens with one attached hydrogen (secondary N) is 1. The smallest absolute Gasteiger partial charge is 0.407 e. The van der Waals surface area contributed by atoms with Crippen molar-refractivity contribution in [3.05, 3.63) is 11.2 Å². The van der Waals surface area contributed by atoms with E-state index in [0.29, 0.717) is 23.6 Å². The van der Waals surface area contributed by atoms with Crippen LogP contribution in [0.15, 0.2) is 6.07 Å². The number of hydrogen-bond acceptors (Lipinski definition) is 6. The molecule has 1 aromatic heterocycles. The minimum Gasteiger partial charge on any atom is -0.446 e. The van der Waals surface area contributed by atoms with E-state index in [0.717, 1.165) is 38.5 Å². The summed E-state index contributed by atoms with van der Waals surface area (Å²) in [4.78, 5) is 22.4. The van der Waals surface area contributed by atoms with Gasteiger partial charge < -0.3 is 20.7 Å². The SMILES string of the molecule is CC1CCC(NC(=O)OC2CCCC2)CN1c1cc(Cl)nc(N)n1. The van der Waals surface area contributed by atoms with Gasteiger partial charge in [-0.1, -0.05) is 11.6 Å². The van der Waals surface area contributed by atoms with Crippen LogP contribution in [-0.4, -0.2) is 40.8 Å². The van der Waals surface area contributed by atoms with Gasteiger partial charge in [0, 0.05) is 24.7 Å². The van der Waals surface area contributed by atoms with Crippen LogP contribution in [0.4, 0.5) is 16.6 Å². The number of nitrogen functional groups attached to an aromatic ring is 1. The summed E-state index contributed by atoms with van der Waals surface area (Å²) in [7, 11) is 0. The van der Waals surface area contributed by atoms with Crippen LogP contribution in [0.1, 0.15) is 45.4 Å². The van der Waals surface area contributed by atoms with E-state index >= 15 is 0 Å². The molecule has 24 heavy (non-hydrogen) atoms. The Hall–Kier alpha value is -1.76. The second-order valence-electron chi connectivity index (χ2n) is 6.64. The number of carbonyl (C=O) groups is 1. The Morgan fingerprint density at radius 2 is 2.08 bits per heavy atom. The van der Waals surface area contributed by atoms with E-state index in [1.807, 2.05) is 0 Å². The van der Waals surface area contributed by atoms with Gasteiger partial charge in [-0.15, -0.1) is 0 Å². The topological polar surface area (TPSA) is 93.4 Å². The van der Waals surface area contributed by atoms with Crippen molar-refractivity contribution in [1.29, 1.82) is 0 Å². The van der Waals surface area contributed by atoms with Gasteiger partial charge in [-0.25, -0.2) is 9.78 Å². The van der Waals surface area contributed by atoms with Crippen LogP contribution in [0, 0.1) is 0 Å². The van der Waals surface area contributed by atoms with Gasteiger partial charge in [0.2, 0.25) is 5.95 Å².